The van der Waals surface area contributed by atoms with E-state index < -0.39 is 0 Å². The molecule has 2 N–H and O–H groups in total. The number of amides is 1. The van der Waals surface area contributed by atoms with Gasteiger partial charge in [0.25, 0.3) is 11.5 Å². The lowest BCUT2D eigenvalue weighted by atomic mass is 10.1. The maximum absolute atomic E-state index is 12.7. The van der Waals surface area contributed by atoms with E-state index in [0.29, 0.717) is 32.7 Å². The molecule has 3 heterocycles. The number of fused-ring (bicyclic) bond motifs is 2. The highest BCUT2D eigenvalue weighted by Gasteiger charge is 2.17. The highest BCUT2D eigenvalue weighted by atomic mass is 32.1. The Kier molecular flexibility index (Phi) is 4.08. The second-order valence-electron chi connectivity index (χ2n) is 6.24. The minimum atomic E-state index is -0.354. The Bertz CT molecular complexity index is 1300. The lowest BCUT2D eigenvalue weighted by Gasteiger charge is -2.13. The maximum atomic E-state index is 12.7. The Hall–Kier alpha value is -3.33. The molecule has 0 radical (unpaired) electrons. The van der Waals surface area contributed by atoms with Gasteiger partial charge in [-0.05, 0) is 49.5 Å². The molecule has 1 aromatic carbocycles. The fraction of sp³-hybridized carbons (Fsp3) is 0.167. The molecule has 1 atom stereocenters. The van der Waals surface area contributed by atoms with Crippen molar-refractivity contribution < 1.29 is 4.79 Å². The molecule has 136 valence electrons. The molecule has 0 aliphatic rings. The van der Waals surface area contributed by atoms with Crippen molar-refractivity contribution in [2.45, 2.75) is 13.0 Å². The van der Waals surface area contributed by atoms with Crippen molar-refractivity contribution in [3.8, 4) is 0 Å². The molecule has 3 aromatic heterocycles. The number of nitrogens with zero attached hydrogens (tertiary/aromatic N) is 4. The molecule has 9 heteroatoms. The standard InChI is InChI=1S/C18H16N6O2S/c1-10(15-22-21-14-5-3-4-8-24(14)15)19-16(25)11-6-7-12-13(9-11)20-18(27)23(2)17(12)26/h3-10H,1-2H3,(H,19,25)(H,20,27). The van der Waals surface area contributed by atoms with Crippen LogP contribution in [0.25, 0.3) is 16.6 Å². The van der Waals surface area contributed by atoms with Crippen LogP contribution in [0.5, 0.6) is 0 Å². The molecule has 1 amide bonds. The molecule has 0 aliphatic carbocycles. The quantitative estimate of drug-likeness (QED) is 0.531. The first-order valence-corrected chi connectivity index (χ1v) is 8.70. The minimum Gasteiger partial charge on any atom is -0.342 e. The van der Waals surface area contributed by atoms with Crippen LogP contribution in [-0.4, -0.2) is 30.1 Å². The van der Waals surface area contributed by atoms with E-state index in [1.165, 1.54) is 4.57 Å². The first kappa shape index (κ1) is 17.1. The van der Waals surface area contributed by atoms with Crippen molar-refractivity contribution in [3.05, 3.63) is 69.1 Å². The number of nitrogens with one attached hydrogen (secondary N) is 2. The van der Waals surface area contributed by atoms with Crippen LogP contribution < -0.4 is 10.9 Å². The van der Waals surface area contributed by atoms with Crippen LogP contribution >= 0.6 is 12.2 Å². The molecule has 0 aliphatic heterocycles. The first-order chi connectivity index (χ1) is 13.0. The number of rotatable bonds is 3. The van der Waals surface area contributed by atoms with Gasteiger partial charge in [-0.15, -0.1) is 10.2 Å². The molecule has 0 spiro atoms. The third-order valence-electron chi connectivity index (χ3n) is 4.44. The van der Waals surface area contributed by atoms with Gasteiger partial charge in [-0.3, -0.25) is 18.6 Å². The zero-order valence-electron chi connectivity index (χ0n) is 14.6. The Labute approximate surface area is 158 Å². The summed E-state index contributed by atoms with van der Waals surface area (Å²) in [6.45, 7) is 1.84. The molecule has 0 saturated carbocycles. The topological polar surface area (TPSA) is 97.1 Å². The van der Waals surface area contributed by atoms with Crippen LogP contribution in [0.2, 0.25) is 0 Å². The molecular weight excluding hydrogens is 364 g/mol. The largest absolute Gasteiger partial charge is 0.342 e. The maximum Gasteiger partial charge on any atom is 0.261 e. The highest BCUT2D eigenvalue weighted by molar-refractivity contribution is 7.71. The summed E-state index contributed by atoms with van der Waals surface area (Å²) in [5.74, 6) is 0.352. The van der Waals surface area contributed by atoms with Crippen LogP contribution in [0, 0.1) is 4.77 Å². The molecule has 4 rings (SSSR count). The molecule has 27 heavy (non-hydrogen) atoms. The Morgan fingerprint density at radius 1 is 1.26 bits per heavy atom. The lowest BCUT2D eigenvalue weighted by Crippen LogP contribution is -2.28. The number of benzene rings is 1. The zero-order chi connectivity index (χ0) is 19.1. The second-order valence-corrected chi connectivity index (χ2v) is 6.62. The second kappa shape index (κ2) is 6.44. The summed E-state index contributed by atoms with van der Waals surface area (Å²) in [5, 5.41) is 11.6. The molecule has 8 nitrogen and oxygen atoms in total. The molecule has 0 fully saturated rings. The van der Waals surface area contributed by atoms with Crippen molar-refractivity contribution in [3.63, 3.8) is 0 Å². The van der Waals surface area contributed by atoms with Crippen LogP contribution in [0.4, 0.5) is 0 Å². The van der Waals surface area contributed by atoms with Gasteiger partial charge in [-0.2, -0.15) is 0 Å². The summed E-state index contributed by atoms with van der Waals surface area (Å²) in [5.41, 5.74) is 1.45. The number of carbonyl (C=O) groups is 1. The van der Waals surface area contributed by atoms with E-state index in [4.69, 9.17) is 12.2 Å². The van der Waals surface area contributed by atoms with Gasteiger partial charge >= 0.3 is 0 Å². The van der Waals surface area contributed by atoms with Gasteiger partial charge in [-0.1, -0.05) is 6.07 Å². The van der Waals surface area contributed by atoms with Crippen LogP contribution in [-0.2, 0) is 7.05 Å². The van der Waals surface area contributed by atoms with Crippen molar-refractivity contribution in [2.75, 3.05) is 0 Å². The minimum absolute atomic E-state index is 0.205. The fourth-order valence-electron chi connectivity index (χ4n) is 2.95. The van der Waals surface area contributed by atoms with Gasteiger partial charge in [0.15, 0.2) is 16.2 Å². The number of hydrogen-bond donors (Lipinski definition) is 2. The predicted octanol–water partition coefficient (Wildman–Crippen LogP) is 2.13. The Morgan fingerprint density at radius 3 is 2.89 bits per heavy atom. The number of hydrogen-bond acceptors (Lipinski definition) is 5. The van der Waals surface area contributed by atoms with E-state index in [1.54, 1.807) is 25.2 Å². The first-order valence-electron chi connectivity index (χ1n) is 8.29. The average Bonchev–Trinajstić information content (AvgIpc) is 3.10. The monoisotopic (exact) mass is 380 g/mol. The fourth-order valence-corrected chi connectivity index (χ4v) is 3.14. The number of pyridine rings is 1. The molecule has 4 aromatic rings. The van der Waals surface area contributed by atoms with E-state index in [-0.39, 0.29) is 17.5 Å². The van der Waals surface area contributed by atoms with Crippen molar-refractivity contribution >= 4 is 34.7 Å². The Morgan fingerprint density at radius 2 is 2.07 bits per heavy atom. The third kappa shape index (κ3) is 2.91. The summed E-state index contributed by atoms with van der Waals surface area (Å²) in [6, 6.07) is 10.1. The molecule has 1 unspecified atom stereocenters. The van der Waals surface area contributed by atoms with Crippen LogP contribution in [0.3, 0.4) is 0 Å². The molecule has 0 saturated heterocycles. The van der Waals surface area contributed by atoms with Crippen molar-refractivity contribution in [2.24, 2.45) is 7.05 Å². The van der Waals surface area contributed by atoms with Crippen molar-refractivity contribution in [1.82, 2.24) is 29.5 Å². The number of aromatic amines is 1. The summed E-state index contributed by atoms with van der Waals surface area (Å²) in [6.07, 6.45) is 1.85. The van der Waals surface area contributed by atoms with Gasteiger partial charge in [0.1, 0.15) is 0 Å². The lowest BCUT2D eigenvalue weighted by molar-refractivity contribution is 0.0938. The molecular formula is C18H16N6O2S. The van der Waals surface area contributed by atoms with Crippen LogP contribution in [0.15, 0.2) is 47.4 Å². The van der Waals surface area contributed by atoms with E-state index in [2.05, 4.69) is 20.5 Å². The summed E-state index contributed by atoms with van der Waals surface area (Å²) >= 11 is 5.13. The van der Waals surface area contributed by atoms with E-state index >= 15 is 0 Å². The molecule has 0 bridgehead atoms. The summed E-state index contributed by atoms with van der Waals surface area (Å²) in [7, 11) is 1.60. The van der Waals surface area contributed by atoms with Gasteiger partial charge in [0.2, 0.25) is 0 Å². The van der Waals surface area contributed by atoms with E-state index in [1.807, 2.05) is 35.7 Å². The Balaban J connectivity index is 1.65. The summed E-state index contributed by atoms with van der Waals surface area (Å²) < 4.78 is 3.48. The van der Waals surface area contributed by atoms with E-state index in [9.17, 15) is 9.59 Å². The summed E-state index contributed by atoms with van der Waals surface area (Å²) in [4.78, 5) is 27.9. The zero-order valence-corrected chi connectivity index (χ0v) is 15.4. The predicted molar refractivity (Wildman–Crippen MR) is 103 cm³/mol. The SMILES string of the molecule is CC(NC(=O)c1ccc2c(=O)n(C)c(=S)[nH]c2c1)c1nnc2ccccn12. The number of carbonyl (C=O) groups excluding carboxylic acids is 1. The number of aromatic nitrogens is 5. The van der Waals surface area contributed by atoms with Crippen molar-refractivity contribution in [1.29, 1.82) is 0 Å². The van der Waals surface area contributed by atoms with Gasteiger partial charge in [0.05, 0.1) is 16.9 Å². The van der Waals surface area contributed by atoms with E-state index in [0.717, 1.165) is 0 Å². The smallest absolute Gasteiger partial charge is 0.261 e. The average molecular weight is 380 g/mol. The normalized spacial score (nSPS) is 12.4. The van der Waals surface area contributed by atoms with Gasteiger partial charge in [-0.25, -0.2) is 0 Å². The highest BCUT2D eigenvalue weighted by Crippen LogP contribution is 2.15. The third-order valence-corrected chi connectivity index (χ3v) is 4.81. The van der Waals surface area contributed by atoms with Gasteiger partial charge in [0, 0.05) is 18.8 Å². The van der Waals surface area contributed by atoms with Gasteiger partial charge < -0.3 is 10.3 Å². The number of H-pyrrole nitrogens is 1. The van der Waals surface area contributed by atoms with Crippen LogP contribution in [0.1, 0.15) is 29.1 Å².